The minimum atomic E-state index is -3.83. The van der Waals surface area contributed by atoms with Crippen LogP contribution in [0.3, 0.4) is 0 Å². The quantitative estimate of drug-likeness (QED) is 0.547. The lowest BCUT2D eigenvalue weighted by Gasteiger charge is -2.33. The molecule has 1 aliphatic heterocycles. The highest BCUT2D eigenvalue weighted by Crippen LogP contribution is 2.34. The van der Waals surface area contributed by atoms with Gasteiger partial charge in [0.15, 0.2) is 5.76 Å². The van der Waals surface area contributed by atoms with Crippen molar-refractivity contribution < 1.29 is 22.0 Å². The van der Waals surface area contributed by atoms with Gasteiger partial charge in [0.1, 0.15) is 11.6 Å². The standard InChI is InChI=1S/C21H17Cl2FN2O4S/c22-17-6-2-5-16(20(17)23)18-7-8-19(30-18)21(27)25-9-11-26(12-10-25)31(28,29)15-4-1-3-14(24)13-15/h1-8,13H,9-12H2. The van der Waals surface area contributed by atoms with E-state index in [0.717, 1.165) is 6.07 Å². The Kier molecular flexibility index (Phi) is 6.07. The molecule has 1 aromatic heterocycles. The first-order valence-corrected chi connectivity index (χ1v) is 11.6. The molecule has 6 nitrogen and oxygen atoms in total. The summed E-state index contributed by atoms with van der Waals surface area (Å²) in [7, 11) is -3.83. The molecule has 0 bridgehead atoms. The second kappa shape index (κ2) is 8.63. The van der Waals surface area contributed by atoms with Crippen LogP contribution >= 0.6 is 23.2 Å². The summed E-state index contributed by atoms with van der Waals surface area (Å²) in [5.41, 5.74) is 0.569. The van der Waals surface area contributed by atoms with Crippen LogP contribution in [0, 0.1) is 5.82 Å². The third-order valence-electron chi connectivity index (χ3n) is 4.99. The van der Waals surface area contributed by atoms with E-state index in [1.165, 1.54) is 27.4 Å². The van der Waals surface area contributed by atoms with E-state index >= 15 is 0 Å². The number of furan rings is 1. The van der Waals surface area contributed by atoms with Gasteiger partial charge in [-0.15, -0.1) is 0 Å². The number of rotatable bonds is 4. The molecule has 162 valence electrons. The largest absolute Gasteiger partial charge is 0.451 e. The molecule has 1 saturated heterocycles. The highest BCUT2D eigenvalue weighted by Gasteiger charge is 2.31. The van der Waals surface area contributed by atoms with E-state index < -0.39 is 15.8 Å². The van der Waals surface area contributed by atoms with Crippen LogP contribution in [0.4, 0.5) is 4.39 Å². The van der Waals surface area contributed by atoms with Gasteiger partial charge in [0, 0.05) is 31.7 Å². The number of nitrogens with zero attached hydrogens (tertiary/aromatic N) is 2. The van der Waals surface area contributed by atoms with Crippen molar-refractivity contribution >= 4 is 39.1 Å². The molecule has 0 N–H and O–H groups in total. The zero-order valence-electron chi connectivity index (χ0n) is 16.1. The Hall–Kier alpha value is -2.39. The van der Waals surface area contributed by atoms with E-state index in [0.29, 0.717) is 21.4 Å². The molecule has 0 saturated carbocycles. The summed E-state index contributed by atoms with van der Waals surface area (Å²) < 4.78 is 45.8. The lowest BCUT2D eigenvalue weighted by atomic mass is 10.2. The average molecular weight is 483 g/mol. The molecule has 4 rings (SSSR count). The summed E-state index contributed by atoms with van der Waals surface area (Å²) in [6, 6.07) is 13.2. The van der Waals surface area contributed by atoms with Gasteiger partial charge >= 0.3 is 0 Å². The highest BCUT2D eigenvalue weighted by molar-refractivity contribution is 7.89. The van der Waals surface area contributed by atoms with Crippen LogP contribution in [0.1, 0.15) is 10.6 Å². The van der Waals surface area contributed by atoms with Gasteiger partial charge in [-0.25, -0.2) is 12.8 Å². The van der Waals surface area contributed by atoms with Gasteiger partial charge in [-0.1, -0.05) is 35.3 Å². The smallest absolute Gasteiger partial charge is 0.289 e. The monoisotopic (exact) mass is 482 g/mol. The van der Waals surface area contributed by atoms with E-state index in [-0.39, 0.29) is 42.7 Å². The number of sulfonamides is 1. The first kappa shape index (κ1) is 21.8. The van der Waals surface area contributed by atoms with Crippen molar-refractivity contribution in [3.8, 4) is 11.3 Å². The van der Waals surface area contributed by atoms with Crippen molar-refractivity contribution in [3.05, 3.63) is 76.2 Å². The summed E-state index contributed by atoms with van der Waals surface area (Å²) >= 11 is 12.2. The predicted molar refractivity (Wildman–Crippen MR) is 115 cm³/mol. The number of amides is 1. The molecule has 0 unspecified atom stereocenters. The molecule has 0 spiro atoms. The molecule has 1 fully saturated rings. The molecular formula is C21H17Cl2FN2O4S. The van der Waals surface area contributed by atoms with E-state index in [4.69, 9.17) is 27.6 Å². The van der Waals surface area contributed by atoms with Crippen molar-refractivity contribution in [2.45, 2.75) is 4.90 Å². The van der Waals surface area contributed by atoms with Gasteiger partial charge in [-0.3, -0.25) is 4.79 Å². The molecule has 3 aromatic rings. The molecule has 1 aliphatic rings. The fourth-order valence-electron chi connectivity index (χ4n) is 3.36. The second-order valence-electron chi connectivity index (χ2n) is 6.92. The van der Waals surface area contributed by atoms with Gasteiger partial charge in [0.2, 0.25) is 10.0 Å². The topological polar surface area (TPSA) is 70.8 Å². The van der Waals surface area contributed by atoms with Crippen LogP contribution in [0.25, 0.3) is 11.3 Å². The van der Waals surface area contributed by atoms with Crippen molar-refractivity contribution in [1.29, 1.82) is 0 Å². The third-order valence-corrected chi connectivity index (χ3v) is 7.71. The van der Waals surface area contributed by atoms with Crippen molar-refractivity contribution in [2.75, 3.05) is 26.2 Å². The first-order valence-electron chi connectivity index (χ1n) is 9.36. The maximum Gasteiger partial charge on any atom is 0.289 e. The summed E-state index contributed by atoms with van der Waals surface area (Å²) in [5.74, 6) is -0.453. The van der Waals surface area contributed by atoms with Crippen molar-refractivity contribution in [3.63, 3.8) is 0 Å². The second-order valence-corrected chi connectivity index (χ2v) is 9.64. The van der Waals surface area contributed by atoms with Crippen LogP contribution in [-0.4, -0.2) is 49.7 Å². The molecular weight excluding hydrogens is 466 g/mol. The number of carbonyl (C=O) groups excluding carboxylic acids is 1. The molecule has 0 aliphatic carbocycles. The number of halogens is 3. The number of piperazine rings is 1. The van der Waals surface area contributed by atoms with Crippen LogP contribution < -0.4 is 0 Å². The Morgan fingerprint density at radius 1 is 0.968 bits per heavy atom. The molecule has 10 heteroatoms. The fraction of sp³-hybridized carbons (Fsp3) is 0.190. The number of hydrogen-bond donors (Lipinski definition) is 0. The maximum absolute atomic E-state index is 13.4. The minimum absolute atomic E-state index is 0.0955. The zero-order valence-corrected chi connectivity index (χ0v) is 18.4. The van der Waals surface area contributed by atoms with Crippen LogP contribution in [-0.2, 0) is 10.0 Å². The van der Waals surface area contributed by atoms with Crippen molar-refractivity contribution in [1.82, 2.24) is 9.21 Å². The Balaban J connectivity index is 1.45. The Labute approximate surface area is 188 Å². The Bertz CT molecular complexity index is 1240. The van der Waals surface area contributed by atoms with Crippen LogP contribution in [0.2, 0.25) is 10.0 Å². The maximum atomic E-state index is 13.4. The molecule has 1 amide bonds. The highest BCUT2D eigenvalue weighted by atomic mass is 35.5. The zero-order chi connectivity index (χ0) is 22.2. The first-order chi connectivity index (χ1) is 14.8. The number of benzene rings is 2. The van der Waals surface area contributed by atoms with Gasteiger partial charge in [0.05, 0.1) is 14.9 Å². The lowest BCUT2D eigenvalue weighted by molar-refractivity contribution is 0.0667. The van der Waals surface area contributed by atoms with Crippen molar-refractivity contribution in [2.24, 2.45) is 0 Å². The van der Waals surface area contributed by atoms with Gasteiger partial charge in [0.25, 0.3) is 5.91 Å². The Morgan fingerprint density at radius 2 is 1.68 bits per heavy atom. The normalized spacial score (nSPS) is 15.3. The molecule has 2 aromatic carbocycles. The SMILES string of the molecule is O=C(c1ccc(-c2cccc(Cl)c2Cl)o1)N1CCN(S(=O)(=O)c2cccc(F)c2)CC1. The molecule has 0 atom stereocenters. The van der Waals surface area contributed by atoms with Gasteiger partial charge < -0.3 is 9.32 Å². The Morgan fingerprint density at radius 3 is 2.39 bits per heavy atom. The predicted octanol–water partition coefficient (Wildman–Crippen LogP) is 4.54. The van der Waals surface area contributed by atoms with Crippen LogP contribution in [0.5, 0.6) is 0 Å². The third kappa shape index (κ3) is 4.34. The van der Waals surface area contributed by atoms with Crippen LogP contribution in [0.15, 0.2) is 63.9 Å². The number of hydrogen-bond acceptors (Lipinski definition) is 4. The minimum Gasteiger partial charge on any atom is -0.451 e. The fourth-order valence-corrected chi connectivity index (χ4v) is 5.20. The lowest BCUT2D eigenvalue weighted by Crippen LogP contribution is -2.50. The number of carbonyl (C=O) groups is 1. The van der Waals surface area contributed by atoms with E-state index in [1.807, 2.05) is 0 Å². The van der Waals surface area contributed by atoms with E-state index in [1.54, 1.807) is 30.3 Å². The van der Waals surface area contributed by atoms with Gasteiger partial charge in [-0.05, 0) is 42.5 Å². The molecule has 0 radical (unpaired) electrons. The van der Waals surface area contributed by atoms with E-state index in [2.05, 4.69) is 0 Å². The van der Waals surface area contributed by atoms with Gasteiger partial charge in [-0.2, -0.15) is 4.31 Å². The summed E-state index contributed by atoms with van der Waals surface area (Å²) in [6.07, 6.45) is 0. The molecule has 2 heterocycles. The summed E-state index contributed by atoms with van der Waals surface area (Å²) in [4.78, 5) is 14.2. The average Bonchev–Trinajstić information content (AvgIpc) is 3.25. The summed E-state index contributed by atoms with van der Waals surface area (Å²) in [5, 5.41) is 0.702. The summed E-state index contributed by atoms with van der Waals surface area (Å²) in [6.45, 7) is 0.555. The van der Waals surface area contributed by atoms with E-state index in [9.17, 15) is 17.6 Å². The molecule has 31 heavy (non-hydrogen) atoms.